The first kappa shape index (κ1) is 15.5. The lowest BCUT2D eigenvalue weighted by Crippen LogP contribution is -2.34. The zero-order chi connectivity index (χ0) is 15.4. The van der Waals surface area contributed by atoms with Crippen molar-refractivity contribution in [2.75, 3.05) is 20.2 Å². The first-order valence-electron chi connectivity index (χ1n) is 7.26. The molecule has 0 radical (unpaired) electrons. The largest absolute Gasteiger partial charge is 0.456 e. The molecule has 7 heteroatoms. The third kappa shape index (κ3) is 3.40. The highest BCUT2D eigenvalue weighted by Gasteiger charge is 2.47. The lowest BCUT2D eigenvalue weighted by molar-refractivity contribution is -0.149. The van der Waals surface area contributed by atoms with Crippen molar-refractivity contribution in [1.82, 2.24) is 10.2 Å². The lowest BCUT2D eigenvalue weighted by atomic mass is 9.81. The average Bonchev–Trinajstić information content (AvgIpc) is 2.75. The van der Waals surface area contributed by atoms with Gasteiger partial charge in [0, 0.05) is 13.6 Å². The SMILES string of the molecule is CNC(=O)COC(=O)CCN1C(=O)[C@@H]2CCCC[C@H]2C1=O. The van der Waals surface area contributed by atoms with E-state index in [4.69, 9.17) is 4.74 Å². The number of esters is 1. The van der Waals surface area contributed by atoms with Crippen LogP contribution in [0.5, 0.6) is 0 Å². The summed E-state index contributed by atoms with van der Waals surface area (Å²) in [7, 11) is 1.44. The van der Waals surface area contributed by atoms with Crippen molar-refractivity contribution in [3.05, 3.63) is 0 Å². The molecule has 21 heavy (non-hydrogen) atoms. The fourth-order valence-electron chi connectivity index (χ4n) is 2.94. The molecule has 3 amide bonds. The van der Waals surface area contributed by atoms with Gasteiger partial charge in [-0.05, 0) is 12.8 Å². The number of ether oxygens (including phenoxy) is 1. The predicted octanol–water partition coefficient (Wildman–Crippen LogP) is -0.159. The van der Waals surface area contributed by atoms with Crippen molar-refractivity contribution in [2.24, 2.45) is 11.8 Å². The topological polar surface area (TPSA) is 92.8 Å². The molecule has 7 nitrogen and oxygen atoms in total. The summed E-state index contributed by atoms with van der Waals surface area (Å²) in [6.45, 7) is -0.306. The maximum Gasteiger partial charge on any atom is 0.308 e. The third-order valence-electron chi connectivity index (χ3n) is 4.12. The maximum absolute atomic E-state index is 12.2. The van der Waals surface area contributed by atoms with E-state index >= 15 is 0 Å². The summed E-state index contributed by atoms with van der Waals surface area (Å²) in [5.74, 6) is -1.72. The summed E-state index contributed by atoms with van der Waals surface area (Å²) in [6, 6.07) is 0. The number of likely N-dealkylation sites (N-methyl/N-ethyl adjacent to an activating group) is 1. The van der Waals surface area contributed by atoms with Gasteiger partial charge in [-0.3, -0.25) is 24.1 Å². The molecule has 1 heterocycles. The van der Waals surface area contributed by atoms with Gasteiger partial charge in [0.2, 0.25) is 11.8 Å². The second-order valence-electron chi connectivity index (χ2n) is 5.41. The minimum atomic E-state index is -0.589. The van der Waals surface area contributed by atoms with E-state index in [0.717, 1.165) is 25.7 Å². The number of nitrogens with one attached hydrogen (secondary N) is 1. The molecule has 1 saturated carbocycles. The Balaban J connectivity index is 1.83. The summed E-state index contributed by atoms with van der Waals surface area (Å²) in [5, 5.41) is 2.33. The second-order valence-corrected chi connectivity index (χ2v) is 5.41. The van der Waals surface area contributed by atoms with Crippen LogP contribution in [0.2, 0.25) is 0 Å². The van der Waals surface area contributed by atoms with Crippen molar-refractivity contribution < 1.29 is 23.9 Å². The number of hydrogen-bond acceptors (Lipinski definition) is 5. The Kier molecular flexibility index (Phi) is 4.93. The van der Waals surface area contributed by atoms with Gasteiger partial charge in [0.15, 0.2) is 6.61 Å². The first-order valence-corrected chi connectivity index (χ1v) is 7.26. The Morgan fingerprint density at radius 1 is 1.19 bits per heavy atom. The number of carbonyl (C=O) groups is 4. The van der Waals surface area contributed by atoms with Gasteiger partial charge in [0.05, 0.1) is 18.3 Å². The van der Waals surface area contributed by atoms with Crippen LogP contribution in [0.25, 0.3) is 0 Å². The summed E-state index contributed by atoms with van der Waals surface area (Å²) in [4.78, 5) is 48.0. The molecule has 0 unspecified atom stereocenters. The molecule has 0 aromatic carbocycles. The number of fused-ring (bicyclic) bond motifs is 1. The van der Waals surface area contributed by atoms with Crippen molar-refractivity contribution in [3.8, 4) is 0 Å². The van der Waals surface area contributed by atoms with Crippen LogP contribution in [0.4, 0.5) is 0 Å². The number of rotatable bonds is 5. The van der Waals surface area contributed by atoms with Crippen LogP contribution >= 0.6 is 0 Å². The highest BCUT2D eigenvalue weighted by molar-refractivity contribution is 6.05. The van der Waals surface area contributed by atoms with Gasteiger partial charge < -0.3 is 10.1 Å². The summed E-state index contributed by atoms with van der Waals surface area (Å²) < 4.78 is 4.74. The van der Waals surface area contributed by atoms with Crippen molar-refractivity contribution in [2.45, 2.75) is 32.1 Å². The van der Waals surface area contributed by atoms with Crippen molar-refractivity contribution >= 4 is 23.7 Å². The van der Waals surface area contributed by atoms with Gasteiger partial charge in [0.1, 0.15) is 0 Å². The van der Waals surface area contributed by atoms with Gasteiger partial charge >= 0.3 is 5.97 Å². The number of nitrogens with zero attached hydrogens (tertiary/aromatic N) is 1. The van der Waals surface area contributed by atoms with E-state index in [2.05, 4.69) is 5.32 Å². The predicted molar refractivity (Wildman–Crippen MR) is 71.8 cm³/mol. The molecule has 1 aliphatic carbocycles. The quantitative estimate of drug-likeness (QED) is 0.562. The van der Waals surface area contributed by atoms with Gasteiger partial charge in [-0.15, -0.1) is 0 Å². The van der Waals surface area contributed by atoms with Crippen molar-refractivity contribution in [3.63, 3.8) is 0 Å². The van der Waals surface area contributed by atoms with Gasteiger partial charge in [-0.1, -0.05) is 12.8 Å². The van der Waals surface area contributed by atoms with E-state index in [1.165, 1.54) is 11.9 Å². The van der Waals surface area contributed by atoms with E-state index < -0.39 is 11.9 Å². The first-order chi connectivity index (χ1) is 10.0. The van der Waals surface area contributed by atoms with Gasteiger partial charge in [-0.25, -0.2) is 0 Å². The van der Waals surface area contributed by atoms with Crippen LogP contribution in [0.1, 0.15) is 32.1 Å². The molecule has 0 bridgehead atoms. The Morgan fingerprint density at radius 2 is 1.76 bits per heavy atom. The molecule has 0 aromatic rings. The molecule has 2 fully saturated rings. The van der Waals surface area contributed by atoms with E-state index in [1.807, 2.05) is 0 Å². The number of imide groups is 1. The van der Waals surface area contributed by atoms with Crippen LogP contribution in [-0.2, 0) is 23.9 Å². The zero-order valence-electron chi connectivity index (χ0n) is 12.1. The normalized spacial score (nSPS) is 24.7. The second kappa shape index (κ2) is 6.69. The Morgan fingerprint density at radius 3 is 2.29 bits per heavy atom. The Labute approximate surface area is 123 Å². The molecule has 2 aliphatic rings. The third-order valence-corrected chi connectivity index (χ3v) is 4.12. The molecule has 1 saturated heterocycles. The zero-order valence-corrected chi connectivity index (χ0v) is 12.1. The highest BCUT2D eigenvalue weighted by atomic mass is 16.5. The molecule has 1 N–H and O–H groups in total. The molecular weight excluding hydrogens is 276 g/mol. The van der Waals surface area contributed by atoms with E-state index in [-0.39, 0.29) is 43.2 Å². The molecule has 0 spiro atoms. The fourth-order valence-corrected chi connectivity index (χ4v) is 2.94. The minimum Gasteiger partial charge on any atom is -0.456 e. The van der Waals surface area contributed by atoms with Gasteiger partial charge in [0.25, 0.3) is 5.91 Å². The summed E-state index contributed by atoms with van der Waals surface area (Å²) >= 11 is 0. The average molecular weight is 296 g/mol. The molecular formula is C14H20N2O5. The molecule has 0 aromatic heterocycles. The van der Waals surface area contributed by atoms with Crippen LogP contribution in [0, 0.1) is 11.8 Å². The van der Waals surface area contributed by atoms with E-state index in [0.29, 0.717) is 0 Å². The summed E-state index contributed by atoms with van der Waals surface area (Å²) in [6.07, 6.45) is 3.39. The number of likely N-dealkylation sites (tertiary alicyclic amines) is 1. The Bertz CT molecular complexity index is 438. The van der Waals surface area contributed by atoms with Crippen molar-refractivity contribution in [1.29, 1.82) is 0 Å². The van der Waals surface area contributed by atoms with Gasteiger partial charge in [-0.2, -0.15) is 0 Å². The molecule has 2 rings (SSSR count). The van der Waals surface area contributed by atoms with Crippen LogP contribution in [0.15, 0.2) is 0 Å². The highest BCUT2D eigenvalue weighted by Crippen LogP contribution is 2.37. The van der Waals surface area contributed by atoms with E-state index in [9.17, 15) is 19.2 Å². The maximum atomic E-state index is 12.2. The monoisotopic (exact) mass is 296 g/mol. The molecule has 2 atom stereocenters. The van der Waals surface area contributed by atoms with Crippen LogP contribution in [0.3, 0.4) is 0 Å². The number of hydrogen-bond donors (Lipinski definition) is 1. The number of amides is 3. The smallest absolute Gasteiger partial charge is 0.308 e. The van der Waals surface area contributed by atoms with Crippen LogP contribution < -0.4 is 5.32 Å². The summed E-state index contributed by atoms with van der Waals surface area (Å²) in [5.41, 5.74) is 0. The Hall–Kier alpha value is -1.92. The van der Waals surface area contributed by atoms with E-state index in [1.54, 1.807) is 0 Å². The lowest BCUT2D eigenvalue weighted by Gasteiger charge is -2.19. The molecule has 1 aliphatic heterocycles. The van der Waals surface area contributed by atoms with Crippen LogP contribution in [-0.4, -0.2) is 48.8 Å². The standard InChI is InChI=1S/C14H20N2O5/c1-15-11(17)8-21-12(18)6-7-16-13(19)9-4-2-3-5-10(9)14(16)20/h9-10H,2-8H2,1H3,(H,15,17)/t9-,10-/m1/s1. The molecule has 116 valence electrons. The minimum absolute atomic E-state index is 0.0389. The fraction of sp³-hybridized carbons (Fsp3) is 0.714. The number of carbonyl (C=O) groups excluding carboxylic acids is 4.